The zero-order chi connectivity index (χ0) is 18.4. The van der Waals surface area contributed by atoms with Crippen molar-refractivity contribution in [2.75, 3.05) is 18.5 Å². The summed E-state index contributed by atoms with van der Waals surface area (Å²) in [6.07, 6.45) is 3.47. The van der Waals surface area contributed by atoms with E-state index in [4.69, 9.17) is 19.4 Å². The predicted molar refractivity (Wildman–Crippen MR) is 108 cm³/mol. The molecule has 5 rings (SSSR count). The van der Waals surface area contributed by atoms with E-state index in [2.05, 4.69) is 12.2 Å². The van der Waals surface area contributed by atoms with E-state index in [0.717, 1.165) is 46.7 Å². The largest absolute Gasteiger partial charge is 0.486 e. The number of aryl methyl sites for hydroxylation is 2. The van der Waals surface area contributed by atoms with Crippen LogP contribution in [0.3, 0.4) is 0 Å². The van der Waals surface area contributed by atoms with Crippen LogP contribution in [0.25, 0.3) is 10.2 Å². The Hall–Kier alpha value is -2.34. The van der Waals surface area contributed by atoms with Crippen molar-refractivity contribution in [2.45, 2.75) is 39.2 Å². The molecule has 0 saturated carbocycles. The highest BCUT2D eigenvalue weighted by Crippen LogP contribution is 2.40. The first-order valence-electron chi connectivity index (χ1n) is 9.58. The Morgan fingerprint density at radius 2 is 2.07 bits per heavy atom. The summed E-state index contributed by atoms with van der Waals surface area (Å²) in [5.74, 6) is 4.12. The molecule has 0 spiro atoms. The van der Waals surface area contributed by atoms with E-state index in [1.807, 2.05) is 42.5 Å². The van der Waals surface area contributed by atoms with Crippen LogP contribution in [0.5, 0.6) is 11.5 Å². The van der Waals surface area contributed by atoms with E-state index >= 15 is 0 Å². The summed E-state index contributed by atoms with van der Waals surface area (Å²) in [5, 5.41) is 4.74. The van der Waals surface area contributed by atoms with Crippen LogP contribution in [-0.2, 0) is 12.8 Å². The van der Waals surface area contributed by atoms with Crippen molar-refractivity contribution in [3.05, 3.63) is 40.5 Å². The number of rotatable bonds is 3. The van der Waals surface area contributed by atoms with Gasteiger partial charge in [0.1, 0.15) is 29.2 Å². The average Bonchev–Trinajstić information content (AvgIpc) is 3.02. The number of hydrogen-bond donors (Lipinski definition) is 1. The van der Waals surface area contributed by atoms with Crippen LogP contribution in [0, 0.1) is 12.8 Å². The molecule has 6 heteroatoms. The van der Waals surface area contributed by atoms with E-state index in [-0.39, 0.29) is 6.10 Å². The van der Waals surface area contributed by atoms with E-state index in [1.165, 1.54) is 22.2 Å². The zero-order valence-electron chi connectivity index (χ0n) is 15.6. The first kappa shape index (κ1) is 16.8. The fraction of sp³-hybridized carbons (Fsp3) is 0.429. The number of fused-ring (bicyclic) bond motifs is 4. The van der Waals surface area contributed by atoms with Crippen LogP contribution in [0.1, 0.15) is 29.6 Å². The molecule has 2 aliphatic rings. The first-order chi connectivity index (χ1) is 13.2. The van der Waals surface area contributed by atoms with Gasteiger partial charge in [0, 0.05) is 4.88 Å². The van der Waals surface area contributed by atoms with Crippen molar-refractivity contribution >= 4 is 27.4 Å². The highest BCUT2D eigenvalue weighted by atomic mass is 32.1. The van der Waals surface area contributed by atoms with Gasteiger partial charge in [0.15, 0.2) is 11.5 Å². The van der Waals surface area contributed by atoms with E-state index in [9.17, 15) is 0 Å². The molecular formula is C21H23N3O2S. The Kier molecular flexibility index (Phi) is 4.16. The molecule has 2 atom stereocenters. The molecule has 0 bridgehead atoms. The lowest BCUT2D eigenvalue weighted by Crippen LogP contribution is -2.35. The Labute approximate surface area is 162 Å². The molecule has 0 unspecified atom stereocenters. The number of hydrogen-bond acceptors (Lipinski definition) is 6. The first-order valence-corrected chi connectivity index (χ1v) is 10.4. The minimum absolute atomic E-state index is 0.0419. The Bertz CT molecular complexity index is 1000. The summed E-state index contributed by atoms with van der Waals surface area (Å²) >= 11 is 1.84. The molecule has 0 saturated heterocycles. The summed E-state index contributed by atoms with van der Waals surface area (Å²) < 4.78 is 11.9. The molecule has 0 radical (unpaired) electrons. The van der Waals surface area contributed by atoms with Gasteiger partial charge >= 0.3 is 0 Å². The van der Waals surface area contributed by atoms with Crippen molar-refractivity contribution in [1.82, 2.24) is 9.97 Å². The summed E-state index contributed by atoms with van der Waals surface area (Å²) in [5.41, 5.74) is 1.45. The van der Waals surface area contributed by atoms with Crippen LogP contribution in [0.15, 0.2) is 24.3 Å². The summed E-state index contributed by atoms with van der Waals surface area (Å²) in [6, 6.07) is 7.82. The van der Waals surface area contributed by atoms with Crippen LogP contribution in [0.2, 0.25) is 0 Å². The molecule has 0 fully saturated rings. The minimum Gasteiger partial charge on any atom is -0.486 e. The fourth-order valence-corrected chi connectivity index (χ4v) is 5.38. The molecule has 5 nitrogen and oxygen atoms in total. The van der Waals surface area contributed by atoms with Gasteiger partial charge in [-0.1, -0.05) is 19.1 Å². The molecule has 1 aliphatic carbocycles. The zero-order valence-corrected chi connectivity index (χ0v) is 16.4. The standard InChI is InChI=1S/C21H23N3O2S/c1-12-7-8-15-18(9-12)27-21-19(15)20(23-13(2)24-21)22-10-14-11-25-16-5-3-4-6-17(16)26-14/h3-6,12,14H,7-11H2,1-2H3,(H,22,23,24)/t12-,14-/m1/s1. The normalized spacial score (nSPS) is 21.1. The molecule has 1 N–H and O–H groups in total. The third-order valence-corrected chi connectivity index (χ3v) is 6.48. The molecule has 140 valence electrons. The second kappa shape index (κ2) is 6.68. The number of para-hydroxylation sites is 2. The number of thiophene rings is 1. The van der Waals surface area contributed by atoms with Crippen molar-refractivity contribution in [3.63, 3.8) is 0 Å². The predicted octanol–water partition coefficient (Wildman–Crippen LogP) is 4.38. The average molecular weight is 382 g/mol. The molecule has 3 aromatic rings. The van der Waals surface area contributed by atoms with Crippen molar-refractivity contribution in [1.29, 1.82) is 0 Å². The smallest absolute Gasteiger partial charge is 0.161 e. The number of anilines is 1. The Morgan fingerprint density at radius 3 is 2.96 bits per heavy atom. The van der Waals surface area contributed by atoms with E-state index in [1.54, 1.807) is 0 Å². The topological polar surface area (TPSA) is 56.3 Å². The third kappa shape index (κ3) is 3.12. The van der Waals surface area contributed by atoms with Crippen LogP contribution >= 0.6 is 11.3 Å². The van der Waals surface area contributed by atoms with Crippen LogP contribution in [0.4, 0.5) is 5.82 Å². The van der Waals surface area contributed by atoms with Crippen LogP contribution in [-0.4, -0.2) is 29.2 Å². The second-order valence-electron chi connectivity index (χ2n) is 7.53. The number of benzene rings is 1. The highest BCUT2D eigenvalue weighted by Gasteiger charge is 2.25. The van der Waals surface area contributed by atoms with Gasteiger partial charge in [-0.2, -0.15) is 0 Å². The summed E-state index contributed by atoms with van der Waals surface area (Å²) in [7, 11) is 0. The van der Waals surface area contributed by atoms with Crippen molar-refractivity contribution in [3.8, 4) is 11.5 Å². The van der Waals surface area contributed by atoms with E-state index in [0.29, 0.717) is 13.2 Å². The number of nitrogens with one attached hydrogen (secondary N) is 1. The van der Waals surface area contributed by atoms with E-state index < -0.39 is 0 Å². The van der Waals surface area contributed by atoms with Gasteiger partial charge in [-0.05, 0) is 49.8 Å². The van der Waals surface area contributed by atoms with Gasteiger partial charge in [-0.3, -0.25) is 0 Å². The maximum atomic E-state index is 6.08. The lowest BCUT2D eigenvalue weighted by molar-refractivity contribution is 0.0997. The SMILES string of the molecule is Cc1nc(NC[C@@H]2COc3ccccc3O2)c2c3c(sc2n1)C[C@H](C)CC3. The Morgan fingerprint density at radius 1 is 1.22 bits per heavy atom. The third-order valence-electron chi connectivity index (χ3n) is 5.33. The molecule has 3 heterocycles. The monoisotopic (exact) mass is 381 g/mol. The lowest BCUT2D eigenvalue weighted by Gasteiger charge is -2.27. The van der Waals surface area contributed by atoms with Crippen molar-refractivity contribution in [2.24, 2.45) is 5.92 Å². The number of ether oxygens (including phenoxy) is 2. The maximum Gasteiger partial charge on any atom is 0.161 e. The second-order valence-corrected chi connectivity index (χ2v) is 8.61. The quantitative estimate of drug-likeness (QED) is 0.730. The summed E-state index contributed by atoms with van der Waals surface area (Å²) in [4.78, 5) is 12.0. The molecule has 1 aromatic carbocycles. The van der Waals surface area contributed by atoms with Gasteiger partial charge in [-0.25, -0.2) is 9.97 Å². The molecule has 1 aliphatic heterocycles. The number of nitrogens with zero attached hydrogens (tertiary/aromatic N) is 2. The maximum absolute atomic E-state index is 6.08. The lowest BCUT2D eigenvalue weighted by atomic mass is 9.89. The van der Waals surface area contributed by atoms with Gasteiger partial charge in [0.2, 0.25) is 0 Å². The van der Waals surface area contributed by atoms with Crippen LogP contribution < -0.4 is 14.8 Å². The molecule has 0 amide bonds. The Balaban J connectivity index is 1.41. The van der Waals surface area contributed by atoms with Gasteiger partial charge < -0.3 is 14.8 Å². The number of aromatic nitrogens is 2. The van der Waals surface area contributed by atoms with Crippen molar-refractivity contribution < 1.29 is 9.47 Å². The highest BCUT2D eigenvalue weighted by molar-refractivity contribution is 7.19. The molecule has 2 aromatic heterocycles. The summed E-state index contributed by atoms with van der Waals surface area (Å²) in [6.45, 7) is 5.49. The molecule has 27 heavy (non-hydrogen) atoms. The fourth-order valence-electron chi connectivity index (χ4n) is 3.95. The van der Waals surface area contributed by atoms with Gasteiger partial charge in [0.25, 0.3) is 0 Å². The van der Waals surface area contributed by atoms with Gasteiger partial charge in [0.05, 0.1) is 11.9 Å². The minimum atomic E-state index is -0.0419. The molecular weight excluding hydrogens is 358 g/mol. The van der Waals surface area contributed by atoms with Gasteiger partial charge in [-0.15, -0.1) is 11.3 Å².